The number of rotatable bonds is 11. The van der Waals surface area contributed by atoms with Gasteiger partial charge >= 0.3 is 0 Å². The Bertz CT molecular complexity index is 915. The number of nitro benzene ring substituents is 1. The lowest BCUT2D eigenvalue weighted by atomic mass is 10.0. The van der Waals surface area contributed by atoms with Crippen LogP contribution in [-0.4, -0.2) is 42.7 Å². The van der Waals surface area contributed by atoms with Crippen molar-refractivity contribution in [1.29, 1.82) is 0 Å². The molecule has 1 atom stereocenters. The summed E-state index contributed by atoms with van der Waals surface area (Å²) in [5.41, 5.74) is 0.874. The van der Waals surface area contributed by atoms with Gasteiger partial charge in [0.15, 0.2) is 0 Å². The zero-order chi connectivity index (χ0) is 21.4. The smallest absolute Gasteiger partial charge is 0.269 e. The summed E-state index contributed by atoms with van der Waals surface area (Å²) < 4.78 is 27.4. The SMILES string of the molecule is CC(C)N(CC[C@H](Cc1ccccc1)NC=O)S(=O)(=O)c1ccc([N+](=O)[O-])cc1. The van der Waals surface area contributed by atoms with E-state index in [1.165, 1.54) is 28.6 Å². The highest BCUT2D eigenvalue weighted by atomic mass is 32.2. The first-order chi connectivity index (χ1) is 13.8. The Balaban J connectivity index is 2.16. The van der Waals surface area contributed by atoms with Crippen molar-refractivity contribution in [3.63, 3.8) is 0 Å². The first-order valence-corrected chi connectivity index (χ1v) is 10.7. The van der Waals surface area contributed by atoms with Gasteiger partial charge in [0.2, 0.25) is 16.4 Å². The van der Waals surface area contributed by atoms with Gasteiger partial charge in [0.1, 0.15) is 0 Å². The lowest BCUT2D eigenvalue weighted by molar-refractivity contribution is -0.384. The first kappa shape index (κ1) is 22.5. The number of carbonyl (C=O) groups excluding carboxylic acids is 1. The highest BCUT2D eigenvalue weighted by molar-refractivity contribution is 7.89. The highest BCUT2D eigenvalue weighted by Gasteiger charge is 2.28. The van der Waals surface area contributed by atoms with Crippen LogP contribution in [0.2, 0.25) is 0 Å². The summed E-state index contributed by atoms with van der Waals surface area (Å²) in [6, 6.07) is 13.9. The molecule has 0 unspecified atom stereocenters. The van der Waals surface area contributed by atoms with Gasteiger partial charge in [0.05, 0.1) is 9.82 Å². The molecule has 1 N–H and O–H groups in total. The van der Waals surface area contributed by atoms with Crippen LogP contribution in [0.3, 0.4) is 0 Å². The van der Waals surface area contributed by atoms with Crippen molar-refractivity contribution in [3.8, 4) is 0 Å². The molecule has 156 valence electrons. The zero-order valence-corrected chi connectivity index (χ0v) is 17.2. The van der Waals surface area contributed by atoms with Crippen LogP contribution in [0.1, 0.15) is 25.8 Å². The number of carbonyl (C=O) groups is 1. The Morgan fingerprint density at radius 1 is 1.10 bits per heavy atom. The predicted octanol–water partition coefficient (Wildman–Crippen LogP) is 2.74. The second-order valence-electron chi connectivity index (χ2n) is 6.92. The molecule has 0 aliphatic rings. The third-order valence-electron chi connectivity index (χ3n) is 4.56. The molecule has 1 amide bonds. The van der Waals surface area contributed by atoms with Crippen molar-refractivity contribution in [1.82, 2.24) is 9.62 Å². The predicted molar refractivity (Wildman–Crippen MR) is 110 cm³/mol. The molecule has 0 fully saturated rings. The van der Waals surface area contributed by atoms with Gasteiger partial charge in [-0.15, -0.1) is 0 Å². The molecular formula is C20H25N3O5S. The van der Waals surface area contributed by atoms with Gasteiger partial charge in [0.25, 0.3) is 5.69 Å². The molecule has 0 saturated carbocycles. The van der Waals surface area contributed by atoms with Gasteiger partial charge in [-0.05, 0) is 44.4 Å². The normalized spacial score (nSPS) is 12.7. The monoisotopic (exact) mass is 419 g/mol. The Hall–Kier alpha value is -2.78. The van der Waals surface area contributed by atoms with E-state index in [-0.39, 0.29) is 29.2 Å². The van der Waals surface area contributed by atoms with Crippen LogP contribution in [0.25, 0.3) is 0 Å². The molecule has 0 aromatic heterocycles. The fourth-order valence-corrected chi connectivity index (χ4v) is 4.71. The number of hydrogen-bond acceptors (Lipinski definition) is 5. The third kappa shape index (κ3) is 6.10. The van der Waals surface area contributed by atoms with Gasteiger partial charge in [-0.1, -0.05) is 30.3 Å². The minimum absolute atomic E-state index is 0.000226. The summed E-state index contributed by atoms with van der Waals surface area (Å²) in [6.45, 7) is 3.74. The molecule has 2 aromatic carbocycles. The van der Waals surface area contributed by atoms with E-state index in [2.05, 4.69) is 5.32 Å². The van der Waals surface area contributed by atoms with Gasteiger partial charge < -0.3 is 5.32 Å². The van der Waals surface area contributed by atoms with Crippen LogP contribution >= 0.6 is 0 Å². The lowest BCUT2D eigenvalue weighted by Crippen LogP contribution is -2.41. The van der Waals surface area contributed by atoms with Crippen LogP contribution < -0.4 is 5.32 Å². The number of nitrogens with one attached hydrogen (secondary N) is 1. The molecule has 0 aliphatic carbocycles. The van der Waals surface area contributed by atoms with E-state index in [1.54, 1.807) is 13.8 Å². The fourth-order valence-electron chi connectivity index (χ4n) is 3.05. The molecule has 0 saturated heterocycles. The molecule has 2 rings (SSSR count). The maximum atomic E-state index is 13.0. The van der Waals surface area contributed by atoms with E-state index in [0.29, 0.717) is 19.3 Å². The molecule has 0 heterocycles. The molecule has 29 heavy (non-hydrogen) atoms. The molecule has 0 radical (unpaired) electrons. The highest BCUT2D eigenvalue weighted by Crippen LogP contribution is 2.22. The van der Waals surface area contributed by atoms with E-state index < -0.39 is 14.9 Å². The number of amides is 1. The molecule has 9 heteroatoms. The summed E-state index contributed by atoms with van der Waals surface area (Å²) in [5.74, 6) is 0. The summed E-state index contributed by atoms with van der Waals surface area (Å²) in [6.07, 6.45) is 1.64. The maximum Gasteiger partial charge on any atom is 0.269 e. The minimum atomic E-state index is -3.83. The van der Waals surface area contributed by atoms with Gasteiger partial charge in [-0.3, -0.25) is 14.9 Å². The fraction of sp³-hybridized carbons (Fsp3) is 0.350. The van der Waals surface area contributed by atoms with Crippen LogP contribution in [-0.2, 0) is 21.2 Å². The Labute approximate surface area is 170 Å². The number of sulfonamides is 1. The number of non-ortho nitro benzene ring substituents is 1. The van der Waals surface area contributed by atoms with Gasteiger partial charge in [-0.2, -0.15) is 4.31 Å². The standard InChI is InChI=1S/C20H25N3O5S/c1-16(2)22(29(27,28)20-10-8-19(9-11-20)23(25)26)13-12-18(21-15-24)14-17-6-4-3-5-7-17/h3-11,15-16,18H,12-14H2,1-2H3,(H,21,24)/t18-/m1/s1. The number of nitrogens with zero attached hydrogens (tertiary/aromatic N) is 2. The van der Waals surface area contributed by atoms with Crippen LogP contribution in [0.4, 0.5) is 5.69 Å². The summed E-state index contributed by atoms with van der Waals surface area (Å²) in [5, 5.41) is 13.6. The van der Waals surface area contributed by atoms with Crippen LogP contribution in [0.5, 0.6) is 0 Å². The average Bonchev–Trinajstić information content (AvgIpc) is 2.68. The van der Waals surface area contributed by atoms with Crippen molar-refractivity contribution < 1.29 is 18.1 Å². The van der Waals surface area contributed by atoms with Crippen molar-refractivity contribution in [3.05, 3.63) is 70.3 Å². The molecule has 0 bridgehead atoms. The van der Waals surface area contributed by atoms with Gasteiger partial charge in [-0.25, -0.2) is 8.42 Å². The van der Waals surface area contributed by atoms with Gasteiger partial charge in [0, 0.05) is 30.8 Å². The van der Waals surface area contributed by atoms with Crippen molar-refractivity contribution in [2.75, 3.05) is 6.54 Å². The van der Waals surface area contributed by atoms with E-state index in [9.17, 15) is 23.3 Å². The van der Waals surface area contributed by atoms with Crippen molar-refractivity contribution in [2.45, 2.75) is 43.7 Å². The van der Waals surface area contributed by atoms with E-state index in [4.69, 9.17) is 0 Å². The van der Waals surface area contributed by atoms with E-state index >= 15 is 0 Å². The molecule has 0 aliphatic heterocycles. The van der Waals surface area contributed by atoms with E-state index in [0.717, 1.165) is 5.56 Å². The Kier molecular flexibility index (Phi) is 7.86. The maximum absolute atomic E-state index is 13.0. The quantitative estimate of drug-likeness (QED) is 0.342. The molecule has 8 nitrogen and oxygen atoms in total. The summed E-state index contributed by atoms with van der Waals surface area (Å²) in [4.78, 5) is 21.2. The Morgan fingerprint density at radius 3 is 2.24 bits per heavy atom. The summed E-state index contributed by atoms with van der Waals surface area (Å²) >= 11 is 0. The van der Waals surface area contributed by atoms with Crippen LogP contribution in [0, 0.1) is 10.1 Å². The average molecular weight is 420 g/mol. The lowest BCUT2D eigenvalue weighted by Gasteiger charge is -2.28. The largest absolute Gasteiger partial charge is 0.356 e. The van der Waals surface area contributed by atoms with Crippen LogP contribution in [0.15, 0.2) is 59.5 Å². The number of benzene rings is 2. The van der Waals surface area contributed by atoms with E-state index in [1.807, 2.05) is 30.3 Å². The van der Waals surface area contributed by atoms with Crippen molar-refractivity contribution in [2.24, 2.45) is 0 Å². The molecule has 0 spiro atoms. The molecule has 2 aromatic rings. The number of nitro groups is 1. The third-order valence-corrected chi connectivity index (χ3v) is 6.65. The Morgan fingerprint density at radius 2 is 1.72 bits per heavy atom. The second kappa shape index (κ2) is 10.1. The zero-order valence-electron chi connectivity index (χ0n) is 16.4. The number of hydrogen-bond donors (Lipinski definition) is 1. The first-order valence-electron chi connectivity index (χ1n) is 9.25. The topological polar surface area (TPSA) is 110 Å². The minimum Gasteiger partial charge on any atom is -0.356 e. The second-order valence-corrected chi connectivity index (χ2v) is 8.81. The molecular weight excluding hydrogens is 394 g/mol. The van der Waals surface area contributed by atoms with Crippen molar-refractivity contribution >= 4 is 22.1 Å². The summed E-state index contributed by atoms with van der Waals surface area (Å²) in [7, 11) is -3.83.